The van der Waals surface area contributed by atoms with Gasteiger partial charge < -0.3 is 19.3 Å². The molecular weight excluding hydrogens is 444 g/mol. The molecule has 33 heavy (non-hydrogen) atoms. The van der Waals surface area contributed by atoms with Crippen molar-refractivity contribution in [1.29, 1.82) is 0 Å². The molecule has 0 bridgehead atoms. The summed E-state index contributed by atoms with van der Waals surface area (Å²) in [6.45, 7) is 3.76. The Morgan fingerprint density at radius 2 is 2.06 bits per heavy atom. The van der Waals surface area contributed by atoms with E-state index in [0.717, 1.165) is 0 Å². The Balaban J connectivity index is 1.74. The molecule has 0 saturated carbocycles. The molecule has 0 unspecified atom stereocenters. The third-order valence-electron chi connectivity index (χ3n) is 5.45. The second-order valence-corrected chi connectivity index (χ2v) is 8.48. The van der Waals surface area contributed by atoms with E-state index < -0.39 is 12.0 Å². The highest BCUT2D eigenvalue weighted by Crippen LogP contribution is 2.38. The van der Waals surface area contributed by atoms with E-state index in [0.29, 0.717) is 37.7 Å². The van der Waals surface area contributed by atoms with Crippen LogP contribution in [0, 0.1) is 0 Å². The van der Waals surface area contributed by atoms with Crippen molar-refractivity contribution >= 4 is 23.4 Å². The number of hydrogen-bond acceptors (Lipinski definition) is 8. The van der Waals surface area contributed by atoms with Gasteiger partial charge in [0.2, 0.25) is 6.79 Å². The summed E-state index contributed by atoms with van der Waals surface area (Å²) >= 11 is 1.20. The van der Waals surface area contributed by atoms with Gasteiger partial charge in [0.25, 0.3) is 5.56 Å². The molecule has 0 radical (unpaired) electrons. The SMILES string of the molecule is CCOC(=O)C1=C(C)N=c2s/c(=C\c3ccccc3O)c(=O)n2[C@@H]1c1ccc2c(c1)OCO2. The first-order chi connectivity index (χ1) is 16.0. The monoisotopic (exact) mass is 464 g/mol. The zero-order valence-corrected chi connectivity index (χ0v) is 18.7. The zero-order valence-electron chi connectivity index (χ0n) is 17.9. The maximum Gasteiger partial charge on any atom is 0.338 e. The van der Waals surface area contributed by atoms with Gasteiger partial charge in [0, 0.05) is 5.56 Å². The molecule has 8 nitrogen and oxygen atoms in total. The molecule has 0 spiro atoms. The molecule has 0 aliphatic carbocycles. The number of allylic oxidation sites excluding steroid dienone is 1. The molecule has 1 N–H and O–H groups in total. The molecule has 2 aromatic carbocycles. The number of aromatic nitrogens is 1. The Labute approximate surface area is 192 Å². The Hall–Kier alpha value is -3.85. The van der Waals surface area contributed by atoms with E-state index in [4.69, 9.17) is 14.2 Å². The molecule has 2 aliphatic heterocycles. The molecule has 1 atom stereocenters. The van der Waals surface area contributed by atoms with Crippen molar-refractivity contribution in [3.63, 3.8) is 0 Å². The van der Waals surface area contributed by atoms with Crippen LogP contribution in [0.5, 0.6) is 17.2 Å². The highest BCUT2D eigenvalue weighted by Gasteiger charge is 2.34. The van der Waals surface area contributed by atoms with E-state index >= 15 is 0 Å². The van der Waals surface area contributed by atoms with Crippen LogP contribution in [-0.2, 0) is 9.53 Å². The number of thiazole rings is 1. The summed E-state index contributed by atoms with van der Waals surface area (Å²) in [6.07, 6.45) is 1.62. The summed E-state index contributed by atoms with van der Waals surface area (Å²) in [4.78, 5) is 31.5. The summed E-state index contributed by atoms with van der Waals surface area (Å²) in [5, 5.41) is 10.1. The minimum atomic E-state index is -0.749. The second kappa shape index (κ2) is 8.25. The number of phenolic OH excluding ortho intramolecular Hbond substituents is 1. The Morgan fingerprint density at radius 1 is 1.27 bits per heavy atom. The van der Waals surface area contributed by atoms with Crippen LogP contribution in [-0.4, -0.2) is 29.0 Å². The van der Waals surface area contributed by atoms with Crippen molar-refractivity contribution in [3.8, 4) is 17.2 Å². The lowest BCUT2D eigenvalue weighted by molar-refractivity contribution is -0.139. The average Bonchev–Trinajstić information content (AvgIpc) is 3.38. The van der Waals surface area contributed by atoms with Gasteiger partial charge in [-0.2, -0.15) is 0 Å². The standard InChI is InChI=1S/C24H20N2O6S/c1-3-30-23(29)20-13(2)25-24-26(21(20)15-8-9-17-18(10-15)32-12-31-17)22(28)19(33-24)11-14-6-4-5-7-16(14)27/h4-11,21,27H,3,12H2,1-2H3/b19-11-/t21-/m1/s1. The lowest BCUT2D eigenvalue weighted by atomic mass is 9.95. The Bertz CT molecular complexity index is 1480. The molecule has 3 heterocycles. The molecule has 5 rings (SSSR count). The van der Waals surface area contributed by atoms with Crippen molar-refractivity contribution in [2.24, 2.45) is 4.99 Å². The van der Waals surface area contributed by atoms with Crippen molar-refractivity contribution in [3.05, 3.63) is 84.5 Å². The summed E-state index contributed by atoms with van der Waals surface area (Å²) in [6, 6.07) is 11.3. The van der Waals surface area contributed by atoms with Crippen LogP contribution in [0.25, 0.3) is 6.08 Å². The lowest BCUT2D eigenvalue weighted by Gasteiger charge is -2.24. The number of hydrogen-bond donors (Lipinski definition) is 1. The summed E-state index contributed by atoms with van der Waals surface area (Å²) in [7, 11) is 0. The first-order valence-corrected chi connectivity index (χ1v) is 11.2. The first kappa shape index (κ1) is 21.0. The number of benzene rings is 2. The number of aromatic hydroxyl groups is 1. The fourth-order valence-electron chi connectivity index (χ4n) is 3.94. The molecule has 2 aliphatic rings. The second-order valence-electron chi connectivity index (χ2n) is 7.47. The van der Waals surface area contributed by atoms with Crippen LogP contribution in [0.3, 0.4) is 0 Å². The Morgan fingerprint density at radius 3 is 2.85 bits per heavy atom. The lowest BCUT2D eigenvalue weighted by Crippen LogP contribution is -2.39. The first-order valence-electron chi connectivity index (χ1n) is 10.3. The van der Waals surface area contributed by atoms with Gasteiger partial charge in [0.05, 0.1) is 28.5 Å². The number of esters is 1. The van der Waals surface area contributed by atoms with E-state index in [2.05, 4.69) is 4.99 Å². The van der Waals surface area contributed by atoms with Crippen molar-refractivity contribution < 1.29 is 24.1 Å². The van der Waals surface area contributed by atoms with Crippen LogP contribution < -0.4 is 24.4 Å². The normalized spacial score (nSPS) is 17.0. The number of fused-ring (bicyclic) bond motifs is 2. The van der Waals surface area contributed by atoms with Gasteiger partial charge >= 0.3 is 5.97 Å². The third kappa shape index (κ3) is 3.60. The van der Waals surface area contributed by atoms with Gasteiger partial charge in [-0.1, -0.05) is 35.6 Å². The molecule has 168 valence electrons. The van der Waals surface area contributed by atoms with E-state index in [1.54, 1.807) is 62.4 Å². The van der Waals surface area contributed by atoms with Gasteiger partial charge in [-0.25, -0.2) is 9.79 Å². The van der Waals surface area contributed by atoms with Crippen LogP contribution in [0.15, 0.2) is 63.5 Å². The van der Waals surface area contributed by atoms with E-state index in [-0.39, 0.29) is 30.3 Å². The molecule has 9 heteroatoms. The quantitative estimate of drug-likeness (QED) is 0.595. The highest BCUT2D eigenvalue weighted by molar-refractivity contribution is 7.07. The van der Waals surface area contributed by atoms with Gasteiger partial charge in [-0.05, 0) is 43.7 Å². The highest BCUT2D eigenvalue weighted by atomic mass is 32.1. The predicted octanol–water partition coefficient (Wildman–Crippen LogP) is 2.23. The summed E-state index contributed by atoms with van der Waals surface area (Å²) in [5.74, 6) is 0.682. The van der Waals surface area contributed by atoms with Crippen LogP contribution in [0.2, 0.25) is 0 Å². The number of rotatable bonds is 4. The minimum Gasteiger partial charge on any atom is -0.507 e. The number of para-hydroxylation sites is 1. The van der Waals surface area contributed by atoms with E-state index in [1.807, 2.05) is 0 Å². The van der Waals surface area contributed by atoms with Gasteiger partial charge in [0.15, 0.2) is 16.3 Å². The van der Waals surface area contributed by atoms with Crippen molar-refractivity contribution in [2.75, 3.05) is 13.4 Å². The summed E-state index contributed by atoms with van der Waals surface area (Å²) < 4.78 is 18.1. The largest absolute Gasteiger partial charge is 0.507 e. The van der Waals surface area contributed by atoms with Gasteiger partial charge in [-0.3, -0.25) is 9.36 Å². The number of carbonyl (C=O) groups excluding carboxylic acids is 1. The zero-order chi connectivity index (χ0) is 23.1. The fraction of sp³-hybridized carbons (Fsp3) is 0.208. The summed E-state index contributed by atoms with van der Waals surface area (Å²) in [5.41, 5.74) is 1.64. The van der Waals surface area contributed by atoms with E-state index in [9.17, 15) is 14.7 Å². The van der Waals surface area contributed by atoms with Gasteiger partial charge in [-0.15, -0.1) is 0 Å². The predicted molar refractivity (Wildman–Crippen MR) is 121 cm³/mol. The van der Waals surface area contributed by atoms with Gasteiger partial charge in [0.1, 0.15) is 5.75 Å². The molecule has 0 fully saturated rings. The maximum absolute atomic E-state index is 13.5. The fourth-order valence-corrected chi connectivity index (χ4v) is 4.98. The van der Waals surface area contributed by atoms with Crippen LogP contribution >= 0.6 is 11.3 Å². The molecule has 1 aromatic heterocycles. The van der Waals surface area contributed by atoms with E-state index in [1.165, 1.54) is 15.9 Å². The van der Waals surface area contributed by atoms with Crippen LogP contribution in [0.1, 0.15) is 31.0 Å². The number of ether oxygens (including phenoxy) is 3. The van der Waals surface area contributed by atoms with Crippen molar-refractivity contribution in [1.82, 2.24) is 4.57 Å². The third-order valence-corrected chi connectivity index (χ3v) is 6.44. The minimum absolute atomic E-state index is 0.0686. The van der Waals surface area contributed by atoms with Crippen molar-refractivity contribution in [2.45, 2.75) is 19.9 Å². The molecule has 3 aromatic rings. The number of nitrogens with zero attached hydrogens (tertiary/aromatic N) is 2. The Kier molecular flexibility index (Phi) is 5.26. The topological polar surface area (TPSA) is 99.4 Å². The average molecular weight is 464 g/mol. The molecular formula is C24H20N2O6S. The maximum atomic E-state index is 13.5. The number of carbonyl (C=O) groups is 1. The van der Waals surface area contributed by atoms with Crippen LogP contribution in [0.4, 0.5) is 0 Å². The molecule has 0 saturated heterocycles. The molecule has 0 amide bonds. The smallest absolute Gasteiger partial charge is 0.338 e. The number of phenols is 1.